The van der Waals surface area contributed by atoms with E-state index in [-0.39, 0.29) is 29.1 Å². The van der Waals surface area contributed by atoms with Gasteiger partial charge < -0.3 is 10.4 Å². The molecule has 3 rings (SSSR count). The van der Waals surface area contributed by atoms with E-state index in [4.69, 9.17) is 5.11 Å². The molecule has 9 heteroatoms. The molecular weight excluding hydrogens is 348 g/mol. The summed E-state index contributed by atoms with van der Waals surface area (Å²) in [6.45, 7) is -0.452. The number of imide groups is 1. The average Bonchev–Trinajstić information content (AvgIpc) is 2.82. The number of carbonyl (C=O) groups excluding carboxylic acids is 2. The number of nitrogens with one attached hydrogen (secondary N) is 1. The number of carbonyl (C=O) groups is 2. The first kappa shape index (κ1) is 17.1. The Morgan fingerprint density at radius 2 is 1.72 bits per heavy atom. The molecule has 0 fully saturated rings. The molecule has 0 saturated carbocycles. The topological polar surface area (TPSA) is 124 Å². The van der Waals surface area contributed by atoms with Crippen LogP contribution in [-0.2, 0) is 19.7 Å². The van der Waals surface area contributed by atoms with Gasteiger partial charge in [0.25, 0.3) is 21.9 Å². The van der Waals surface area contributed by atoms with Crippen molar-refractivity contribution in [1.29, 1.82) is 0 Å². The number of rotatable bonds is 5. The molecule has 130 valence electrons. The molecule has 3 N–H and O–H groups in total. The summed E-state index contributed by atoms with van der Waals surface area (Å²) in [6, 6.07) is 9.06. The zero-order chi connectivity index (χ0) is 18.2. The van der Waals surface area contributed by atoms with Crippen molar-refractivity contribution >= 4 is 38.4 Å². The van der Waals surface area contributed by atoms with E-state index in [1.165, 1.54) is 18.2 Å². The minimum absolute atomic E-state index is 0.0169. The van der Waals surface area contributed by atoms with Gasteiger partial charge in [-0.2, -0.15) is 8.42 Å². The van der Waals surface area contributed by atoms with Crippen molar-refractivity contribution in [3.8, 4) is 0 Å². The number of aliphatic hydroxyl groups is 1. The maximum Gasteiger partial charge on any atom is 0.295 e. The Balaban J connectivity index is 2.03. The molecule has 25 heavy (non-hydrogen) atoms. The number of anilines is 1. The molecule has 2 amide bonds. The van der Waals surface area contributed by atoms with Crippen LogP contribution < -0.4 is 5.32 Å². The first-order valence-corrected chi connectivity index (χ1v) is 8.71. The largest absolute Gasteiger partial charge is 0.395 e. The van der Waals surface area contributed by atoms with Crippen LogP contribution in [0.15, 0.2) is 53.1 Å². The van der Waals surface area contributed by atoms with Crippen LogP contribution in [0.5, 0.6) is 0 Å². The van der Waals surface area contributed by atoms with Gasteiger partial charge in [-0.15, -0.1) is 0 Å². The standard InChI is InChI=1S/C16H14N2O6S/c19-8-7-18-15(20)9-13(16(18)21)17-12-5-6-14(25(22,23)24)11-4-2-1-3-10(11)12/h1-6,9,17,19H,7-8H2,(H,22,23,24). The van der Waals surface area contributed by atoms with Crippen molar-refractivity contribution in [2.45, 2.75) is 4.90 Å². The van der Waals surface area contributed by atoms with Crippen molar-refractivity contribution in [1.82, 2.24) is 4.90 Å². The molecular formula is C16H14N2O6S. The fraction of sp³-hybridized carbons (Fsp3) is 0.125. The van der Waals surface area contributed by atoms with Gasteiger partial charge in [0.15, 0.2) is 0 Å². The lowest BCUT2D eigenvalue weighted by Crippen LogP contribution is -2.34. The SMILES string of the molecule is O=C1C=C(Nc2ccc(S(=O)(=O)O)c3ccccc23)C(=O)N1CCO. The van der Waals surface area contributed by atoms with Crippen LogP contribution in [0, 0.1) is 0 Å². The van der Waals surface area contributed by atoms with E-state index >= 15 is 0 Å². The lowest BCUT2D eigenvalue weighted by atomic mass is 10.1. The predicted octanol–water partition coefficient (Wildman–Crippen LogP) is 0.743. The van der Waals surface area contributed by atoms with Crippen LogP contribution in [0.2, 0.25) is 0 Å². The summed E-state index contributed by atoms with van der Waals surface area (Å²) in [5.41, 5.74) is 0.421. The van der Waals surface area contributed by atoms with E-state index in [2.05, 4.69) is 5.32 Å². The monoisotopic (exact) mass is 362 g/mol. The molecule has 1 aliphatic rings. The number of aliphatic hydroxyl groups excluding tert-OH is 1. The number of benzene rings is 2. The van der Waals surface area contributed by atoms with Gasteiger partial charge in [0, 0.05) is 22.5 Å². The highest BCUT2D eigenvalue weighted by Gasteiger charge is 2.31. The van der Waals surface area contributed by atoms with E-state index in [0.29, 0.717) is 11.1 Å². The van der Waals surface area contributed by atoms with Crippen LogP contribution in [0.3, 0.4) is 0 Å². The summed E-state index contributed by atoms with van der Waals surface area (Å²) in [6.07, 6.45) is 1.11. The van der Waals surface area contributed by atoms with Crippen LogP contribution in [0.4, 0.5) is 5.69 Å². The fourth-order valence-electron chi connectivity index (χ4n) is 2.66. The van der Waals surface area contributed by atoms with Gasteiger partial charge >= 0.3 is 0 Å². The second-order valence-electron chi connectivity index (χ2n) is 5.33. The number of nitrogens with zero attached hydrogens (tertiary/aromatic N) is 1. The first-order chi connectivity index (χ1) is 11.8. The Morgan fingerprint density at radius 3 is 2.36 bits per heavy atom. The Kier molecular flexibility index (Phi) is 4.29. The number of fused-ring (bicyclic) bond motifs is 1. The van der Waals surface area contributed by atoms with E-state index in [1.54, 1.807) is 18.2 Å². The fourth-order valence-corrected chi connectivity index (χ4v) is 3.36. The van der Waals surface area contributed by atoms with Crippen molar-refractivity contribution in [2.24, 2.45) is 0 Å². The summed E-state index contributed by atoms with van der Waals surface area (Å²) >= 11 is 0. The molecule has 2 aromatic rings. The molecule has 0 spiro atoms. The Hall–Kier alpha value is -2.75. The smallest absolute Gasteiger partial charge is 0.295 e. The van der Waals surface area contributed by atoms with Gasteiger partial charge in [0.1, 0.15) is 10.6 Å². The third-order valence-corrected chi connectivity index (χ3v) is 4.68. The summed E-state index contributed by atoms with van der Waals surface area (Å²) < 4.78 is 32.4. The quantitative estimate of drug-likeness (QED) is 0.529. The lowest BCUT2D eigenvalue weighted by molar-refractivity contribution is -0.137. The average molecular weight is 362 g/mol. The van der Waals surface area contributed by atoms with Crippen LogP contribution in [0.25, 0.3) is 10.8 Å². The van der Waals surface area contributed by atoms with Gasteiger partial charge in [-0.05, 0) is 12.1 Å². The summed E-state index contributed by atoms with van der Waals surface area (Å²) in [7, 11) is -4.41. The number of amides is 2. The highest BCUT2D eigenvalue weighted by atomic mass is 32.2. The molecule has 0 bridgehead atoms. The molecule has 0 aliphatic carbocycles. The van der Waals surface area contributed by atoms with Crippen molar-refractivity contribution in [3.63, 3.8) is 0 Å². The molecule has 0 saturated heterocycles. The summed E-state index contributed by atoms with van der Waals surface area (Å²) in [5.74, 6) is -1.12. The van der Waals surface area contributed by atoms with Crippen LogP contribution in [-0.4, -0.2) is 47.9 Å². The highest BCUT2D eigenvalue weighted by Crippen LogP contribution is 2.30. The zero-order valence-corrected chi connectivity index (χ0v) is 13.7. The van der Waals surface area contributed by atoms with E-state index in [0.717, 1.165) is 11.0 Å². The Labute approximate surface area is 143 Å². The Morgan fingerprint density at radius 1 is 1.04 bits per heavy atom. The predicted molar refractivity (Wildman–Crippen MR) is 89.3 cm³/mol. The Bertz CT molecular complexity index is 1010. The second kappa shape index (κ2) is 6.28. The first-order valence-electron chi connectivity index (χ1n) is 7.27. The number of hydrogen-bond acceptors (Lipinski definition) is 6. The second-order valence-corrected chi connectivity index (χ2v) is 6.72. The third-order valence-electron chi connectivity index (χ3n) is 3.76. The maximum absolute atomic E-state index is 12.2. The molecule has 1 aliphatic heterocycles. The summed E-state index contributed by atoms with van der Waals surface area (Å²) in [4.78, 5) is 24.6. The number of β-amino-alcohol motifs (C(OH)–C–C–N with tert-alkyl or cyclic N) is 1. The minimum atomic E-state index is -4.41. The third kappa shape index (κ3) is 3.12. The highest BCUT2D eigenvalue weighted by molar-refractivity contribution is 7.86. The van der Waals surface area contributed by atoms with E-state index in [9.17, 15) is 22.6 Å². The normalized spacial score (nSPS) is 15.0. The molecule has 0 atom stereocenters. The molecule has 1 heterocycles. The van der Waals surface area contributed by atoms with Gasteiger partial charge in [-0.3, -0.25) is 19.0 Å². The van der Waals surface area contributed by atoms with Gasteiger partial charge in [-0.25, -0.2) is 0 Å². The minimum Gasteiger partial charge on any atom is -0.395 e. The van der Waals surface area contributed by atoms with E-state index < -0.39 is 21.9 Å². The van der Waals surface area contributed by atoms with E-state index in [1.807, 2.05) is 0 Å². The van der Waals surface area contributed by atoms with Crippen LogP contribution >= 0.6 is 0 Å². The van der Waals surface area contributed by atoms with Crippen molar-refractivity contribution < 1.29 is 27.7 Å². The van der Waals surface area contributed by atoms with Crippen molar-refractivity contribution in [3.05, 3.63) is 48.2 Å². The molecule has 2 aromatic carbocycles. The van der Waals surface area contributed by atoms with Crippen molar-refractivity contribution in [2.75, 3.05) is 18.5 Å². The molecule has 0 unspecified atom stereocenters. The molecule has 0 radical (unpaired) electrons. The summed E-state index contributed by atoms with van der Waals surface area (Å²) in [5, 5.41) is 12.5. The maximum atomic E-state index is 12.2. The lowest BCUT2D eigenvalue weighted by Gasteiger charge is -2.15. The molecule has 0 aromatic heterocycles. The van der Waals surface area contributed by atoms with Crippen LogP contribution in [0.1, 0.15) is 0 Å². The van der Waals surface area contributed by atoms with Gasteiger partial charge in [-0.1, -0.05) is 24.3 Å². The number of hydrogen-bond donors (Lipinski definition) is 3. The van der Waals surface area contributed by atoms with Gasteiger partial charge in [0.05, 0.1) is 13.2 Å². The molecule has 8 nitrogen and oxygen atoms in total. The van der Waals surface area contributed by atoms with Gasteiger partial charge in [0.2, 0.25) is 0 Å². The zero-order valence-electron chi connectivity index (χ0n) is 12.8.